The zero-order chi connectivity index (χ0) is 35.0. The average molecular weight is 690 g/mol. The fourth-order valence-corrected chi connectivity index (χ4v) is 7.26. The number of carbonyl (C=O) groups is 2. The molecule has 3 N–H and O–H groups in total. The quantitative estimate of drug-likeness (QED) is 0.221. The van der Waals surface area contributed by atoms with Gasteiger partial charge in [0.25, 0.3) is 0 Å². The van der Waals surface area contributed by atoms with Crippen molar-refractivity contribution in [2.45, 2.75) is 50.2 Å². The third-order valence-electron chi connectivity index (χ3n) is 9.53. The molecule has 3 saturated heterocycles. The van der Waals surface area contributed by atoms with E-state index in [0.29, 0.717) is 37.3 Å². The number of ether oxygens (including phenoxy) is 2. The first-order valence-corrected chi connectivity index (χ1v) is 16.5. The number of hydrazine groups is 1. The summed E-state index contributed by atoms with van der Waals surface area (Å²) >= 11 is 0. The van der Waals surface area contributed by atoms with E-state index in [2.05, 4.69) is 31.5 Å². The summed E-state index contributed by atoms with van der Waals surface area (Å²) in [6.07, 6.45) is 9.88. The Hall–Kier alpha value is -5.20. The Morgan fingerprint density at radius 1 is 1.16 bits per heavy atom. The molecule has 0 unspecified atom stereocenters. The van der Waals surface area contributed by atoms with Gasteiger partial charge in [0.05, 0.1) is 16.5 Å². The highest BCUT2D eigenvalue weighted by molar-refractivity contribution is 6.03. The molecule has 5 heterocycles. The molecule has 3 aliphatic heterocycles. The lowest BCUT2D eigenvalue weighted by Gasteiger charge is -2.31. The van der Waals surface area contributed by atoms with Crippen LogP contribution in [0.2, 0.25) is 0 Å². The van der Waals surface area contributed by atoms with Crippen molar-refractivity contribution in [3.05, 3.63) is 47.7 Å². The Bertz CT molecular complexity index is 2030. The number of benzene rings is 2. The van der Waals surface area contributed by atoms with Crippen molar-refractivity contribution in [1.29, 1.82) is 0 Å². The number of alkyl halides is 1. The first-order chi connectivity index (χ1) is 24.2. The van der Waals surface area contributed by atoms with Crippen LogP contribution in [0.4, 0.5) is 23.8 Å². The van der Waals surface area contributed by atoms with Crippen LogP contribution in [-0.2, 0) is 4.79 Å². The molecule has 1 amide bonds. The molecule has 4 aromatic rings. The summed E-state index contributed by atoms with van der Waals surface area (Å²) in [5.41, 5.74) is 2.29. The minimum absolute atomic E-state index is 0.00587. The number of pyridine rings is 1. The Kier molecular flexibility index (Phi) is 9.06. The molecular formula is C35H34F3N7O5. The van der Waals surface area contributed by atoms with Crippen LogP contribution >= 0.6 is 0 Å². The Morgan fingerprint density at radius 3 is 2.84 bits per heavy atom. The number of fused-ring (bicyclic) bond motifs is 3. The number of hydrogen-bond acceptors (Lipinski definition) is 10. The van der Waals surface area contributed by atoms with E-state index in [-0.39, 0.29) is 51.5 Å². The van der Waals surface area contributed by atoms with E-state index in [4.69, 9.17) is 26.0 Å². The summed E-state index contributed by atoms with van der Waals surface area (Å²) in [5, 5.41) is 13.6. The lowest BCUT2D eigenvalue weighted by Crippen LogP contribution is -2.43. The fraction of sp³-hybridized carbons (Fsp3) is 0.400. The molecular weight excluding hydrogens is 655 g/mol. The van der Waals surface area contributed by atoms with Gasteiger partial charge in [0.1, 0.15) is 42.1 Å². The number of carbonyl (C=O) groups excluding carboxylic acids is 1. The second-order valence-electron chi connectivity index (χ2n) is 12.8. The van der Waals surface area contributed by atoms with Gasteiger partial charge in [0.15, 0.2) is 11.6 Å². The Morgan fingerprint density at radius 2 is 2.02 bits per heavy atom. The second kappa shape index (κ2) is 13.6. The van der Waals surface area contributed by atoms with Gasteiger partial charge in [0, 0.05) is 43.2 Å². The van der Waals surface area contributed by atoms with Crippen molar-refractivity contribution in [1.82, 2.24) is 30.6 Å². The lowest BCUT2D eigenvalue weighted by atomic mass is 9.95. The number of nitrogens with one attached hydrogen (secondary N) is 2. The number of nitrogens with zero attached hydrogens (tertiary/aromatic N) is 5. The smallest absolute Gasteiger partial charge is 0.413 e. The molecule has 15 heteroatoms. The largest absolute Gasteiger partial charge is 0.480 e. The fourth-order valence-electron chi connectivity index (χ4n) is 7.26. The summed E-state index contributed by atoms with van der Waals surface area (Å²) in [6.45, 7) is 1.79. The summed E-state index contributed by atoms with van der Waals surface area (Å²) in [4.78, 5) is 39.1. The topological polar surface area (TPSA) is 142 Å². The van der Waals surface area contributed by atoms with Crippen LogP contribution < -0.4 is 25.2 Å². The van der Waals surface area contributed by atoms with Gasteiger partial charge in [-0.1, -0.05) is 18.4 Å². The molecule has 0 spiro atoms. The molecule has 2 aromatic carbocycles. The highest BCUT2D eigenvalue weighted by Gasteiger charge is 2.49. The van der Waals surface area contributed by atoms with E-state index < -0.39 is 42.0 Å². The number of anilines is 1. The van der Waals surface area contributed by atoms with Crippen LogP contribution in [0, 0.1) is 24.0 Å². The van der Waals surface area contributed by atoms with Crippen LogP contribution in [0.25, 0.3) is 32.9 Å². The van der Waals surface area contributed by atoms with Crippen LogP contribution in [0.1, 0.15) is 44.1 Å². The second-order valence-corrected chi connectivity index (χ2v) is 12.8. The van der Waals surface area contributed by atoms with Crippen molar-refractivity contribution in [2.24, 2.45) is 0 Å². The van der Waals surface area contributed by atoms with Crippen LogP contribution in [-0.4, -0.2) is 88.1 Å². The first kappa shape index (κ1) is 33.3. The van der Waals surface area contributed by atoms with Crippen LogP contribution in [0.5, 0.6) is 11.8 Å². The van der Waals surface area contributed by atoms with Crippen molar-refractivity contribution in [2.75, 3.05) is 44.3 Å². The molecule has 0 radical (unpaired) electrons. The average Bonchev–Trinajstić information content (AvgIpc) is 3.48. The van der Waals surface area contributed by atoms with Crippen LogP contribution in [0.3, 0.4) is 0 Å². The maximum absolute atomic E-state index is 17.0. The van der Waals surface area contributed by atoms with Crippen LogP contribution in [0.15, 0.2) is 30.5 Å². The standard InChI is InChI=1S/C35H34F3N7O5/c1-2-23-26(37)8-7-20-13-22(50-34(48)40-17-27(46)47)14-24(28(20)23)30-29(38)31-25(16-39-30)32(45-12-5-3-4-10-41-45)43-33(42-31)49-19-35-9-6-11-44(35)18-21(36)15-35/h1,7-8,13-14,16,21,41H,3-6,9-12,15,17-19H2,(H,40,48)(H,46,47)/t21-,35+/m1/s1. The van der Waals surface area contributed by atoms with Crippen molar-refractivity contribution in [3.63, 3.8) is 0 Å². The zero-order valence-electron chi connectivity index (χ0n) is 27.0. The summed E-state index contributed by atoms with van der Waals surface area (Å²) in [5.74, 6) is -0.326. The molecule has 0 saturated carbocycles. The molecule has 2 aromatic heterocycles. The van der Waals surface area contributed by atoms with Gasteiger partial charge >= 0.3 is 18.1 Å². The monoisotopic (exact) mass is 689 g/mol. The molecule has 12 nitrogen and oxygen atoms in total. The zero-order valence-corrected chi connectivity index (χ0v) is 27.0. The summed E-state index contributed by atoms with van der Waals surface area (Å²) in [7, 11) is 0. The van der Waals surface area contributed by atoms with Gasteiger partial charge in [-0.15, -0.1) is 6.42 Å². The van der Waals surface area contributed by atoms with Crippen molar-refractivity contribution in [3.8, 4) is 35.4 Å². The van der Waals surface area contributed by atoms with Gasteiger partial charge < -0.3 is 19.9 Å². The molecule has 3 aliphatic rings. The minimum atomic E-state index is -1.28. The molecule has 7 rings (SSSR count). The number of carboxylic acid groups (broad SMARTS) is 1. The Balaban J connectivity index is 1.36. The van der Waals surface area contributed by atoms with E-state index in [0.717, 1.165) is 44.7 Å². The molecule has 50 heavy (non-hydrogen) atoms. The van der Waals surface area contributed by atoms with E-state index >= 15 is 8.78 Å². The minimum Gasteiger partial charge on any atom is -0.480 e. The summed E-state index contributed by atoms with van der Waals surface area (Å²) < 4.78 is 58.0. The maximum Gasteiger partial charge on any atom is 0.413 e. The molecule has 2 atom stereocenters. The summed E-state index contributed by atoms with van der Waals surface area (Å²) in [6, 6.07) is 5.11. The maximum atomic E-state index is 17.0. The van der Waals surface area contributed by atoms with E-state index in [1.807, 2.05) is 5.01 Å². The Labute approximate surface area is 284 Å². The van der Waals surface area contributed by atoms with Gasteiger partial charge in [0.2, 0.25) is 0 Å². The predicted octanol–water partition coefficient (Wildman–Crippen LogP) is 4.73. The number of hydrogen-bond donors (Lipinski definition) is 3. The number of carboxylic acids is 1. The first-order valence-electron chi connectivity index (χ1n) is 16.5. The van der Waals surface area contributed by atoms with Gasteiger partial charge in [-0.05, 0) is 55.8 Å². The number of aliphatic carboxylic acids is 1. The number of terminal acetylenes is 1. The molecule has 260 valence electrons. The van der Waals surface area contributed by atoms with Gasteiger partial charge in [-0.2, -0.15) is 9.97 Å². The third-order valence-corrected chi connectivity index (χ3v) is 9.53. The number of rotatable bonds is 8. The van der Waals surface area contributed by atoms with E-state index in [1.165, 1.54) is 24.4 Å². The predicted molar refractivity (Wildman–Crippen MR) is 178 cm³/mol. The highest BCUT2D eigenvalue weighted by Crippen LogP contribution is 2.42. The molecule has 0 aliphatic carbocycles. The van der Waals surface area contributed by atoms with E-state index in [9.17, 15) is 14.0 Å². The lowest BCUT2D eigenvalue weighted by molar-refractivity contribution is -0.135. The normalized spacial score (nSPS) is 20.8. The molecule has 0 bridgehead atoms. The van der Waals surface area contributed by atoms with E-state index in [1.54, 1.807) is 0 Å². The highest BCUT2D eigenvalue weighted by atomic mass is 19.1. The van der Waals surface area contributed by atoms with Gasteiger partial charge in [-0.25, -0.2) is 23.4 Å². The molecule has 3 fully saturated rings. The van der Waals surface area contributed by atoms with Crippen molar-refractivity contribution < 1.29 is 37.3 Å². The van der Waals surface area contributed by atoms with Crippen molar-refractivity contribution >= 4 is 39.6 Å². The SMILES string of the molecule is C#Cc1c(F)ccc2cc(OC(=O)NCC(=O)O)cc(-c3ncc4c(N5CCCCCN5)nc(OC[C@@]56CCCN5C[C@H](F)C6)nc4c3F)c12. The number of aromatic nitrogens is 3. The number of halogens is 3. The van der Waals surface area contributed by atoms with Gasteiger partial charge in [-0.3, -0.25) is 19.7 Å². The third kappa shape index (κ3) is 6.32. The number of amides is 1.